The monoisotopic (exact) mass is 344 g/mol. The minimum atomic E-state index is -0.483. The first-order valence-electron chi connectivity index (χ1n) is 8.38. The molecule has 0 saturated carbocycles. The Morgan fingerprint density at radius 3 is 2.80 bits per heavy atom. The zero-order chi connectivity index (χ0) is 18.0. The van der Waals surface area contributed by atoms with Crippen LogP contribution in [0, 0.1) is 0 Å². The standard InChI is InChI=1S/C17H24N6O2/c1-17(2,3)25-16(24)23-10-7-12(11-23)20-15-18-8-5-13(21-15)14-6-9-19-22(14)4/h5-6,8-9,12H,7,10-11H2,1-4H3,(H,18,20,21)/t12-/m0/s1. The molecule has 2 aromatic rings. The summed E-state index contributed by atoms with van der Waals surface area (Å²) in [6, 6.07) is 3.87. The van der Waals surface area contributed by atoms with E-state index in [1.165, 1.54) is 0 Å². The van der Waals surface area contributed by atoms with Crippen LogP contribution in [0.2, 0.25) is 0 Å². The third kappa shape index (κ3) is 4.26. The largest absolute Gasteiger partial charge is 0.444 e. The Morgan fingerprint density at radius 1 is 1.32 bits per heavy atom. The van der Waals surface area contributed by atoms with Crippen LogP contribution in [0.4, 0.5) is 10.7 Å². The lowest BCUT2D eigenvalue weighted by molar-refractivity contribution is 0.0293. The Balaban J connectivity index is 1.62. The smallest absolute Gasteiger partial charge is 0.410 e. The number of rotatable bonds is 3. The molecule has 1 fully saturated rings. The van der Waals surface area contributed by atoms with Crippen LogP contribution in [-0.2, 0) is 11.8 Å². The van der Waals surface area contributed by atoms with Crippen molar-refractivity contribution in [3.8, 4) is 11.4 Å². The first-order chi connectivity index (χ1) is 11.8. The van der Waals surface area contributed by atoms with Gasteiger partial charge >= 0.3 is 6.09 Å². The van der Waals surface area contributed by atoms with Gasteiger partial charge in [-0.25, -0.2) is 14.8 Å². The van der Waals surface area contributed by atoms with E-state index in [2.05, 4.69) is 20.4 Å². The molecular formula is C17H24N6O2. The molecule has 0 bridgehead atoms. The number of hydrogen-bond donors (Lipinski definition) is 1. The molecule has 8 heteroatoms. The number of likely N-dealkylation sites (tertiary alicyclic amines) is 1. The lowest BCUT2D eigenvalue weighted by atomic mass is 10.2. The molecule has 1 amide bonds. The highest BCUT2D eigenvalue weighted by Crippen LogP contribution is 2.19. The van der Waals surface area contributed by atoms with Crippen LogP contribution in [0.15, 0.2) is 24.5 Å². The van der Waals surface area contributed by atoms with Crippen LogP contribution in [0.25, 0.3) is 11.4 Å². The predicted octanol–water partition coefficient (Wildman–Crippen LogP) is 2.30. The van der Waals surface area contributed by atoms with Crippen molar-refractivity contribution in [2.45, 2.75) is 38.8 Å². The summed E-state index contributed by atoms with van der Waals surface area (Å²) in [7, 11) is 1.88. The van der Waals surface area contributed by atoms with Crippen molar-refractivity contribution < 1.29 is 9.53 Å². The summed E-state index contributed by atoms with van der Waals surface area (Å²) >= 11 is 0. The maximum atomic E-state index is 12.1. The highest BCUT2D eigenvalue weighted by molar-refractivity contribution is 5.68. The molecule has 2 aromatic heterocycles. The van der Waals surface area contributed by atoms with E-state index in [0.717, 1.165) is 17.8 Å². The molecule has 0 unspecified atom stereocenters. The quantitative estimate of drug-likeness (QED) is 0.919. The van der Waals surface area contributed by atoms with Gasteiger partial charge in [0, 0.05) is 38.6 Å². The van der Waals surface area contributed by atoms with Crippen molar-refractivity contribution in [3.05, 3.63) is 24.5 Å². The average molecular weight is 344 g/mol. The molecule has 0 spiro atoms. The van der Waals surface area contributed by atoms with Gasteiger partial charge in [0.25, 0.3) is 0 Å². The zero-order valence-corrected chi connectivity index (χ0v) is 15.1. The molecule has 0 aromatic carbocycles. The molecule has 1 atom stereocenters. The number of aryl methyl sites for hydroxylation is 1. The predicted molar refractivity (Wildman–Crippen MR) is 94.1 cm³/mol. The summed E-state index contributed by atoms with van der Waals surface area (Å²) in [5, 5.41) is 7.47. The molecule has 1 aliphatic heterocycles. The number of ether oxygens (including phenoxy) is 1. The van der Waals surface area contributed by atoms with Gasteiger partial charge in [0.2, 0.25) is 5.95 Å². The summed E-state index contributed by atoms with van der Waals surface area (Å²) in [5.74, 6) is 0.551. The van der Waals surface area contributed by atoms with Gasteiger partial charge in [-0.3, -0.25) is 4.68 Å². The molecule has 1 N–H and O–H groups in total. The van der Waals surface area contributed by atoms with E-state index in [1.807, 2.05) is 40.0 Å². The van der Waals surface area contributed by atoms with Gasteiger partial charge in [0.05, 0.1) is 11.4 Å². The fourth-order valence-electron chi connectivity index (χ4n) is 2.75. The second-order valence-corrected chi connectivity index (χ2v) is 7.16. The van der Waals surface area contributed by atoms with Gasteiger partial charge in [0.15, 0.2) is 0 Å². The van der Waals surface area contributed by atoms with Gasteiger partial charge in [0.1, 0.15) is 5.60 Å². The number of carbonyl (C=O) groups is 1. The normalized spacial score (nSPS) is 17.6. The number of hydrogen-bond acceptors (Lipinski definition) is 6. The Morgan fingerprint density at radius 2 is 2.12 bits per heavy atom. The van der Waals surface area contributed by atoms with E-state index in [1.54, 1.807) is 22.0 Å². The van der Waals surface area contributed by atoms with Crippen molar-refractivity contribution in [1.29, 1.82) is 0 Å². The molecule has 3 heterocycles. The van der Waals surface area contributed by atoms with Gasteiger partial charge in [-0.2, -0.15) is 5.10 Å². The van der Waals surface area contributed by atoms with Gasteiger partial charge in [-0.1, -0.05) is 0 Å². The fraction of sp³-hybridized carbons (Fsp3) is 0.529. The van der Waals surface area contributed by atoms with E-state index < -0.39 is 5.60 Å². The SMILES string of the molecule is Cn1nccc1-c1ccnc(N[C@H]2CCN(C(=O)OC(C)(C)C)C2)n1. The van der Waals surface area contributed by atoms with Crippen LogP contribution in [-0.4, -0.2) is 55.5 Å². The Kier molecular flexibility index (Phi) is 4.61. The van der Waals surface area contributed by atoms with Crippen LogP contribution in [0.3, 0.4) is 0 Å². The Bertz CT molecular complexity index is 752. The Hall–Kier alpha value is -2.64. The van der Waals surface area contributed by atoms with Gasteiger partial charge in [-0.05, 0) is 39.3 Å². The number of anilines is 1. The number of amides is 1. The molecule has 0 aliphatic carbocycles. The first-order valence-corrected chi connectivity index (χ1v) is 8.38. The second kappa shape index (κ2) is 6.70. The number of nitrogens with zero attached hydrogens (tertiary/aromatic N) is 5. The van der Waals surface area contributed by atoms with Crippen molar-refractivity contribution in [2.75, 3.05) is 18.4 Å². The Labute approximate surface area is 147 Å². The second-order valence-electron chi connectivity index (χ2n) is 7.16. The van der Waals surface area contributed by atoms with Crippen molar-refractivity contribution in [3.63, 3.8) is 0 Å². The molecule has 25 heavy (non-hydrogen) atoms. The van der Waals surface area contributed by atoms with E-state index in [9.17, 15) is 4.79 Å². The van der Waals surface area contributed by atoms with Crippen molar-refractivity contribution in [2.24, 2.45) is 7.05 Å². The molecule has 0 radical (unpaired) electrons. The third-order valence-electron chi connectivity index (χ3n) is 3.91. The summed E-state index contributed by atoms with van der Waals surface area (Å²) in [4.78, 5) is 22.7. The van der Waals surface area contributed by atoms with Crippen molar-refractivity contribution >= 4 is 12.0 Å². The van der Waals surface area contributed by atoms with E-state index >= 15 is 0 Å². The summed E-state index contributed by atoms with van der Waals surface area (Å²) in [6.07, 6.45) is 4.01. The summed E-state index contributed by atoms with van der Waals surface area (Å²) in [5.41, 5.74) is 1.25. The number of aromatic nitrogens is 4. The van der Waals surface area contributed by atoms with E-state index in [4.69, 9.17) is 4.74 Å². The minimum absolute atomic E-state index is 0.106. The first kappa shape index (κ1) is 17.2. The molecule has 8 nitrogen and oxygen atoms in total. The van der Waals surface area contributed by atoms with Crippen LogP contribution in [0.5, 0.6) is 0 Å². The highest BCUT2D eigenvalue weighted by Gasteiger charge is 2.30. The van der Waals surface area contributed by atoms with Crippen molar-refractivity contribution in [1.82, 2.24) is 24.6 Å². The molecule has 1 saturated heterocycles. The zero-order valence-electron chi connectivity index (χ0n) is 15.1. The molecule has 3 rings (SSSR count). The number of nitrogens with one attached hydrogen (secondary N) is 1. The third-order valence-corrected chi connectivity index (χ3v) is 3.91. The van der Waals surface area contributed by atoms with Gasteiger partial charge < -0.3 is 15.0 Å². The molecule has 1 aliphatic rings. The van der Waals surface area contributed by atoms with Crippen LogP contribution < -0.4 is 5.32 Å². The molecule has 134 valence electrons. The topological polar surface area (TPSA) is 85.2 Å². The minimum Gasteiger partial charge on any atom is -0.444 e. The lowest BCUT2D eigenvalue weighted by Crippen LogP contribution is -2.36. The summed E-state index contributed by atoms with van der Waals surface area (Å²) in [6.45, 7) is 6.85. The highest BCUT2D eigenvalue weighted by atomic mass is 16.6. The van der Waals surface area contributed by atoms with Gasteiger partial charge in [-0.15, -0.1) is 0 Å². The van der Waals surface area contributed by atoms with Crippen LogP contribution >= 0.6 is 0 Å². The summed E-state index contributed by atoms with van der Waals surface area (Å²) < 4.78 is 7.19. The molecular weight excluding hydrogens is 320 g/mol. The van der Waals surface area contributed by atoms with E-state index in [0.29, 0.717) is 19.0 Å². The lowest BCUT2D eigenvalue weighted by Gasteiger charge is -2.24. The van der Waals surface area contributed by atoms with E-state index in [-0.39, 0.29) is 12.1 Å². The fourth-order valence-corrected chi connectivity index (χ4v) is 2.75. The number of carbonyl (C=O) groups excluding carboxylic acids is 1. The average Bonchev–Trinajstić information content (AvgIpc) is 3.15. The maximum absolute atomic E-state index is 12.1. The maximum Gasteiger partial charge on any atom is 0.410 e. The van der Waals surface area contributed by atoms with Crippen LogP contribution in [0.1, 0.15) is 27.2 Å².